The van der Waals surface area contributed by atoms with Gasteiger partial charge in [0.15, 0.2) is 0 Å². The lowest BCUT2D eigenvalue weighted by molar-refractivity contribution is -0.126. The van der Waals surface area contributed by atoms with Crippen LogP contribution in [0.1, 0.15) is 43.2 Å². The number of carbonyl (C=O) groups is 1. The number of halogens is 1. The summed E-state index contributed by atoms with van der Waals surface area (Å²) in [7, 11) is 3.77. The van der Waals surface area contributed by atoms with Crippen LogP contribution in [0.15, 0.2) is 18.2 Å². The van der Waals surface area contributed by atoms with Gasteiger partial charge in [-0.1, -0.05) is 18.9 Å². The molecule has 2 N–H and O–H groups in total. The van der Waals surface area contributed by atoms with Gasteiger partial charge in [-0.25, -0.2) is 4.39 Å². The summed E-state index contributed by atoms with van der Waals surface area (Å²) in [6.07, 6.45) is 3.51. The molecule has 1 aliphatic rings. The molecule has 0 spiro atoms. The summed E-state index contributed by atoms with van der Waals surface area (Å²) in [4.78, 5) is 13.9. The third-order valence-corrected chi connectivity index (χ3v) is 4.11. The number of rotatable bonds is 6. The van der Waals surface area contributed by atoms with E-state index >= 15 is 0 Å². The van der Waals surface area contributed by atoms with Crippen molar-refractivity contribution in [1.29, 1.82) is 0 Å². The average molecular weight is 308 g/mol. The van der Waals surface area contributed by atoms with Gasteiger partial charge in [0, 0.05) is 18.7 Å². The molecule has 22 heavy (non-hydrogen) atoms. The molecule has 1 amide bonds. The molecular formula is C17H25FN2O2. The Bertz CT molecular complexity index is 525. The zero-order valence-electron chi connectivity index (χ0n) is 13.4. The Kier molecular flexibility index (Phi) is 5.53. The molecule has 1 saturated carbocycles. The highest BCUT2D eigenvalue weighted by Gasteiger charge is 2.33. The molecule has 1 aromatic carbocycles. The molecule has 0 radical (unpaired) electrons. The standard InChI is InChI=1S/C17H25FN2O2/c1-20(2)12-14-9-13(5-6-15(14)18)11-19-16(21)10-17(22)7-3-4-8-17/h5-6,9,22H,3-4,7-8,10-12H2,1-2H3,(H,19,21). The molecule has 4 nitrogen and oxygen atoms in total. The lowest BCUT2D eigenvalue weighted by Crippen LogP contribution is -2.34. The molecule has 1 aromatic rings. The number of hydrogen-bond acceptors (Lipinski definition) is 3. The molecule has 0 unspecified atom stereocenters. The maximum absolute atomic E-state index is 13.7. The number of hydrogen-bond donors (Lipinski definition) is 2. The zero-order chi connectivity index (χ0) is 16.2. The van der Waals surface area contributed by atoms with Gasteiger partial charge in [-0.15, -0.1) is 0 Å². The molecular weight excluding hydrogens is 283 g/mol. The largest absolute Gasteiger partial charge is 0.389 e. The highest BCUT2D eigenvalue weighted by Crippen LogP contribution is 2.32. The maximum atomic E-state index is 13.7. The summed E-state index contributed by atoms with van der Waals surface area (Å²) in [5.74, 6) is -0.382. The van der Waals surface area contributed by atoms with Gasteiger partial charge in [0.1, 0.15) is 5.82 Å². The van der Waals surface area contributed by atoms with E-state index in [4.69, 9.17) is 0 Å². The first-order chi connectivity index (χ1) is 10.4. The molecule has 1 aliphatic carbocycles. The van der Waals surface area contributed by atoms with Crippen molar-refractivity contribution in [3.05, 3.63) is 35.1 Å². The number of nitrogens with one attached hydrogen (secondary N) is 1. The molecule has 0 saturated heterocycles. The van der Waals surface area contributed by atoms with E-state index in [0.717, 1.165) is 18.4 Å². The summed E-state index contributed by atoms with van der Waals surface area (Å²) < 4.78 is 13.7. The lowest BCUT2D eigenvalue weighted by atomic mass is 9.97. The second-order valence-electron chi connectivity index (χ2n) is 6.55. The minimum absolute atomic E-state index is 0.150. The summed E-state index contributed by atoms with van der Waals surface area (Å²) in [5.41, 5.74) is 0.652. The molecule has 2 rings (SSSR count). The third-order valence-electron chi connectivity index (χ3n) is 4.11. The first kappa shape index (κ1) is 16.9. The molecule has 0 aliphatic heterocycles. The first-order valence-corrected chi connectivity index (χ1v) is 7.79. The van der Waals surface area contributed by atoms with Gasteiger partial charge in [-0.3, -0.25) is 4.79 Å². The predicted octanol–water partition coefficient (Wildman–Crippen LogP) is 2.20. The van der Waals surface area contributed by atoms with Crippen LogP contribution in [0.4, 0.5) is 4.39 Å². The first-order valence-electron chi connectivity index (χ1n) is 7.79. The second kappa shape index (κ2) is 7.20. The number of nitrogens with zero attached hydrogens (tertiary/aromatic N) is 1. The van der Waals surface area contributed by atoms with Gasteiger partial charge in [-0.05, 0) is 44.6 Å². The Morgan fingerprint density at radius 2 is 2.05 bits per heavy atom. The monoisotopic (exact) mass is 308 g/mol. The smallest absolute Gasteiger partial charge is 0.223 e. The Morgan fingerprint density at radius 3 is 2.68 bits per heavy atom. The highest BCUT2D eigenvalue weighted by molar-refractivity contribution is 5.77. The summed E-state index contributed by atoms with van der Waals surface area (Å²) >= 11 is 0. The van der Waals surface area contributed by atoms with Crippen LogP contribution in [0.2, 0.25) is 0 Å². The van der Waals surface area contributed by atoms with Crippen LogP contribution >= 0.6 is 0 Å². The Labute approximate surface area is 131 Å². The molecule has 0 atom stereocenters. The van der Waals surface area contributed by atoms with Gasteiger partial charge in [0.2, 0.25) is 5.91 Å². The summed E-state index contributed by atoms with van der Waals surface area (Å²) in [6.45, 7) is 0.878. The Hall–Kier alpha value is -1.46. The highest BCUT2D eigenvalue weighted by atomic mass is 19.1. The van der Waals surface area contributed by atoms with Crippen LogP contribution in [-0.4, -0.2) is 35.6 Å². The van der Waals surface area contributed by atoms with E-state index in [-0.39, 0.29) is 18.1 Å². The van der Waals surface area contributed by atoms with E-state index < -0.39 is 5.60 Å². The fraction of sp³-hybridized carbons (Fsp3) is 0.588. The number of aliphatic hydroxyl groups is 1. The van der Waals surface area contributed by atoms with E-state index in [2.05, 4.69) is 5.32 Å². The quantitative estimate of drug-likeness (QED) is 0.847. The van der Waals surface area contributed by atoms with E-state index in [1.807, 2.05) is 19.0 Å². The van der Waals surface area contributed by atoms with Gasteiger partial charge in [-0.2, -0.15) is 0 Å². The van der Waals surface area contributed by atoms with Crippen LogP contribution in [0, 0.1) is 5.82 Å². The normalized spacial score (nSPS) is 17.0. The maximum Gasteiger partial charge on any atom is 0.223 e. The number of carbonyl (C=O) groups excluding carboxylic acids is 1. The van der Waals surface area contributed by atoms with Crippen LogP contribution in [0.25, 0.3) is 0 Å². The van der Waals surface area contributed by atoms with Crippen molar-refractivity contribution in [1.82, 2.24) is 10.2 Å². The van der Waals surface area contributed by atoms with Crippen molar-refractivity contribution >= 4 is 5.91 Å². The molecule has 1 fully saturated rings. The van der Waals surface area contributed by atoms with Crippen LogP contribution in [0.5, 0.6) is 0 Å². The molecule has 0 heterocycles. The minimum atomic E-state index is -0.830. The molecule has 5 heteroatoms. The summed E-state index contributed by atoms with van der Waals surface area (Å²) in [5, 5.41) is 13.0. The topological polar surface area (TPSA) is 52.6 Å². The predicted molar refractivity (Wildman–Crippen MR) is 83.7 cm³/mol. The van der Waals surface area contributed by atoms with Gasteiger partial charge in [0.25, 0.3) is 0 Å². The van der Waals surface area contributed by atoms with E-state index in [0.29, 0.717) is 31.5 Å². The third kappa shape index (κ3) is 4.78. The fourth-order valence-corrected chi connectivity index (χ4v) is 2.97. The number of amides is 1. The molecule has 122 valence electrons. The van der Waals surface area contributed by atoms with E-state index in [9.17, 15) is 14.3 Å². The van der Waals surface area contributed by atoms with Gasteiger partial charge in [0.05, 0.1) is 12.0 Å². The number of benzene rings is 1. The SMILES string of the molecule is CN(C)Cc1cc(CNC(=O)CC2(O)CCCC2)ccc1F. The van der Waals surface area contributed by atoms with Crippen LogP contribution in [-0.2, 0) is 17.9 Å². The van der Waals surface area contributed by atoms with Crippen molar-refractivity contribution in [3.8, 4) is 0 Å². The van der Waals surface area contributed by atoms with Crippen molar-refractivity contribution in [3.63, 3.8) is 0 Å². The fourth-order valence-electron chi connectivity index (χ4n) is 2.97. The van der Waals surface area contributed by atoms with Gasteiger partial charge >= 0.3 is 0 Å². The summed E-state index contributed by atoms with van der Waals surface area (Å²) in [6, 6.07) is 4.89. The van der Waals surface area contributed by atoms with Crippen LogP contribution < -0.4 is 5.32 Å². The van der Waals surface area contributed by atoms with Gasteiger partial charge < -0.3 is 15.3 Å². The Balaban J connectivity index is 1.89. The van der Waals surface area contributed by atoms with E-state index in [1.54, 1.807) is 12.1 Å². The van der Waals surface area contributed by atoms with Crippen molar-refractivity contribution < 1.29 is 14.3 Å². The van der Waals surface area contributed by atoms with Crippen LogP contribution in [0.3, 0.4) is 0 Å². The van der Waals surface area contributed by atoms with Crippen molar-refractivity contribution in [2.75, 3.05) is 14.1 Å². The van der Waals surface area contributed by atoms with Crippen molar-refractivity contribution in [2.24, 2.45) is 0 Å². The zero-order valence-corrected chi connectivity index (χ0v) is 13.4. The average Bonchev–Trinajstić information content (AvgIpc) is 2.85. The Morgan fingerprint density at radius 1 is 1.36 bits per heavy atom. The van der Waals surface area contributed by atoms with E-state index in [1.165, 1.54) is 6.07 Å². The second-order valence-corrected chi connectivity index (χ2v) is 6.55. The lowest BCUT2D eigenvalue weighted by Gasteiger charge is -2.21. The molecule has 0 aromatic heterocycles. The minimum Gasteiger partial charge on any atom is -0.389 e. The molecule has 0 bridgehead atoms. The van der Waals surface area contributed by atoms with Crippen molar-refractivity contribution in [2.45, 2.75) is 50.8 Å².